The number of carbonyl (C=O) groups is 1. The van der Waals surface area contributed by atoms with Gasteiger partial charge in [-0.3, -0.25) is 4.79 Å². The van der Waals surface area contributed by atoms with Gasteiger partial charge in [0.15, 0.2) is 0 Å². The van der Waals surface area contributed by atoms with Gasteiger partial charge >= 0.3 is 0 Å². The van der Waals surface area contributed by atoms with Crippen LogP contribution in [0.3, 0.4) is 0 Å². The van der Waals surface area contributed by atoms with Crippen molar-refractivity contribution in [1.29, 1.82) is 0 Å². The molecule has 2 aliphatic heterocycles. The minimum absolute atomic E-state index is 0.258. The molecule has 0 aromatic rings. The van der Waals surface area contributed by atoms with Gasteiger partial charge in [-0.2, -0.15) is 0 Å². The third-order valence-electron chi connectivity index (χ3n) is 4.41. The molecule has 0 aromatic heterocycles. The Morgan fingerprint density at radius 2 is 2.06 bits per heavy atom. The van der Waals surface area contributed by atoms with Crippen molar-refractivity contribution in [2.24, 2.45) is 0 Å². The predicted molar refractivity (Wildman–Crippen MR) is 66.8 cm³/mol. The van der Waals surface area contributed by atoms with Crippen molar-refractivity contribution < 1.29 is 4.79 Å². The second-order valence-corrected chi connectivity index (χ2v) is 6.25. The summed E-state index contributed by atoms with van der Waals surface area (Å²) in [7, 11) is 0. The maximum atomic E-state index is 11.8. The first-order valence-electron chi connectivity index (χ1n) is 6.50. The predicted octanol–water partition coefficient (Wildman–Crippen LogP) is 2.22. The van der Waals surface area contributed by atoms with E-state index < -0.39 is 0 Å². The summed E-state index contributed by atoms with van der Waals surface area (Å²) in [4.78, 5) is 14.0. The van der Waals surface area contributed by atoms with Crippen LogP contribution in [0.4, 0.5) is 4.79 Å². The molecule has 1 aliphatic carbocycles. The highest BCUT2D eigenvalue weighted by atomic mass is 32.2. The van der Waals surface area contributed by atoms with E-state index in [4.69, 9.17) is 0 Å². The lowest BCUT2D eigenvalue weighted by atomic mass is 9.76. The number of hydrogen-bond donors (Lipinski definition) is 1. The molecule has 1 amide bonds. The van der Waals surface area contributed by atoms with E-state index in [1.165, 1.54) is 43.9 Å². The van der Waals surface area contributed by atoms with E-state index in [1.807, 2.05) is 0 Å². The van der Waals surface area contributed by atoms with Crippen molar-refractivity contribution in [3.63, 3.8) is 0 Å². The number of nitrogens with one attached hydrogen (secondary N) is 1. The molecule has 3 aliphatic rings. The lowest BCUT2D eigenvalue weighted by Gasteiger charge is -2.44. The maximum absolute atomic E-state index is 11.8. The molecule has 1 atom stereocenters. The lowest BCUT2D eigenvalue weighted by Crippen LogP contribution is -2.59. The van der Waals surface area contributed by atoms with Crippen LogP contribution < -0.4 is 5.32 Å². The summed E-state index contributed by atoms with van der Waals surface area (Å²) in [5, 5.41) is 4.10. The molecule has 1 saturated carbocycles. The Morgan fingerprint density at radius 1 is 1.25 bits per heavy atom. The standard InChI is InChI=1S/C12H20N2OS/c15-11-14-8-4-7-13-12(10(14)9-16-11)5-2-1-3-6-12/h10,13H,1-9H2/t10-/m0/s1. The zero-order valence-corrected chi connectivity index (χ0v) is 10.5. The molecular weight excluding hydrogens is 220 g/mol. The van der Waals surface area contributed by atoms with Crippen molar-refractivity contribution in [3.8, 4) is 0 Å². The van der Waals surface area contributed by atoms with Crippen molar-refractivity contribution in [3.05, 3.63) is 0 Å². The van der Waals surface area contributed by atoms with Crippen LogP contribution in [0.2, 0.25) is 0 Å². The van der Waals surface area contributed by atoms with Gasteiger partial charge in [0.05, 0.1) is 6.04 Å². The van der Waals surface area contributed by atoms with Crippen molar-refractivity contribution in [1.82, 2.24) is 10.2 Å². The molecular formula is C12H20N2OS. The first-order chi connectivity index (χ1) is 7.82. The Hall–Kier alpha value is -0.220. The van der Waals surface area contributed by atoms with E-state index in [0.717, 1.165) is 25.3 Å². The van der Waals surface area contributed by atoms with Crippen LogP contribution in [-0.2, 0) is 0 Å². The summed E-state index contributed by atoms with van der Waals surface area (Å²) in [6.45, 7) is 2.05. The second-order valence-electron chi connectivity index (χ2n) is 5.28. The average molecular weight is 240 g/mol. The summed E-state index contributed by atoms with van der Waals surface area (Å²) in [5.41, 5.74) is 0.258. The fourth-order valence-electron chi connectivity index (χ4n) is 3.55. The Labute approximate surface area is 101 Å². The van der Waals surface area contributed by atoms with Gasteiger partial charge < -0.3 is 10.2 Å². The van der Waals surface area contributed by atoms with Crippen LogP contribution >= 0.6 is 11.8 Å². The molecule has 0 aromatic carbocycles. The van der Waals surface area contributed by atoms with Crippen LogP contribution in [0, 0.1) is 0 Å². The molecule has 2 heterocycles. The van der Waals surface area contributed by atoms with Crippen LogP contribution in [0.5, 0.6) is 0 Å². The molecule has 0 unspecified atom stereocenters. The monoisotopic (exact) mass is 240 g/mol. The lowest BCUT2D eigenvalue weighted by molar-refractivity contribution is 0.132. The molecule has 4 heteroatoms. The smallest absolute Gasteiger partial charge is 0.282 e. The number of rotatable bonds is 0. The van der Waals surface area contributed by atoms with E-state index in [-0.39, 0.29) is 5.54 Å². The molecule has 16 heavy (non-hydrogen) atoms. The van der Waals surface area contributed by atoms with Gasteiger partial charge in [-0.1, -0.05) is 31.0 Å². The zero-order chi connectivity index (χ0) is 11.0. The Bertz CT molecular complexity index is 289. The highest BCUT2D eigenvalue weighted by molar-refractivity contribution is 8.13. The zero-order valence-electron chi connectivity index (χ0n) is 9.71. The van der Waals surface area contributed by atoms with E-state index >= 15 is 0 Å². The Kier molecular flexibility index (Phi) is 2.88. The fraction of sp³-hybridized carbons (Fsp3) is 0.917. The van der Waals surface area contributed by atoms with Gasteiger partial charge in [-0.25, -0.2) is 0 Å². The molecule has 3 rings (SSSR count). The molecule has 3 nitrogen and oxygen atoms in total. The maximum Gasteiger partial charge on any atom is 0.282 e. The summed E-state index contributed by atoms with van der Waals surface area (Å²) in [5.74, 6) is 1.01. The summed E-state index contributed by atoms with van der Waals surface area (Å²) in [6.07, 6.45) is 7.68. The minimum atomic E-state index is 0.258. The van der Waals surface area contributed by atoms with E-state index in [9.17, 15) is 4.79 Å². The molecule has 0 radical (unpaired) electrons. The number of amides is 1. The van der Waals surface area contributed by atoms with Crippen LogP contribution in [-0.4, -0.2) is 40.6 Å². The Balaban J connectivity index is 1.87. The number of fused-ring (bicyclic) bond motifs is 2. The van der Waals surface area contributed by atoms with Gasteiger partial charge in [0.1, 0.15) is 0 Å². The average Bonchev–Trinajstić information content (AvgIpc) is 2.59. The highest BCUT2D eigenvalue weighted by Gasteiger charge is 2.48. The number of carbonyl (C=O) groups excluding carboxylic acids is 1. The first-order valence-corrected chi connectivity index (χ1v) is 7.49. The minimum Gasteiger partial charge on any atom is -0.328 e. The largest absolute Gasteiger partial charge is 0.328 e. The topological polar surface area (TPSA) is 32.3 Å². The van der Waals surface area contributed by atoms with E-state index in [0.29, 0.717) is 11.3 Å². The normalized spacial score (nSPS) is 33.9. The highest BCUT2D eigenvalue weighted by Crippen LogP contribution is 2.40. The number of hydrogen-bond acceptors (Lipinski definition) is 3. The quantitative estimate of drug-likeness (QED) is 0.704. The molecule has 0 bridgehead atoms. The third-order valence-corrected chi connectivity index (χ3v) is 5.38. The van der Waals surface area contributed by atoms with Crippen LogP contribution in [0.1, 0.15) is 38.5 Å². The van der Waals surface area contributed by atoms with Gasteiger partial charge in [0.25, 0.3) is 5.24 Å². The second kappa shape index (κ2) is 4.22. The summed E-state index contributed by atoms with van der Waals surface area (Å²) >= 11 is 1.53. The van der Waals surface area contributed by atoms with E-state index in [2.05, 4.69) is 10.2 Å². The van der Waals surface area contributed by atoms with E-state index in [1.54, 1.807) is 0 Å². The number of thioether (sulfide) groups is 1. The molecule has 1 N–H and O–H groups in total. The van der Waals surface area contributed by atoms with Crippen molar-refractivity contribution in [2.75, 3.05) is 18.8 Å². The summed E-state index contributed by atoms with van der Waals surface area (Å²) < 4.78 is 0. The van der Waals surface area contributed by atoms with Crippen LogP contribution in [0.15, 0.2) is 0 Å². The number of nitrogens with zero attached hydrogens (tertiary/aromatic N) is 1. The van der Waals surface area contributed by atoms with Gasteiger partial charge in [0, 0.05) is 17.8 Å². The Morgan fingerprint density at radius 3 is 2.88 bits per heavy atom. The molecule has 3 fully saturated rings. The summed E-state index contributed by atoms with van der Waals surface area (Å²) in [6, 6.07) is 0.466. The van der Waals surface area contributed by atoms with Crippen molar-refractivity contribution >= 4 is 17.0 Å². The molecule has 2 saturated heterocycles. The van der Waals surface area contributed by atoms with Gasteiger partial charge in [-0.05, 0) is 25.8 Å². The third kappa shape index (κ3) is 1.66. The SMILES string of the molecule is O=C1SC[C@@H]2N1CCCNC21CCCCC1. The van der Waals surface area contributed by atoms with Gasteiger partial charge in [0.2, 0.25) is 0 Å². The molecule has 90 valence electrons. The first kappa shape index (κ1) is 10.9. The molecule has 1 spiro atoms. The van der Waals surface area contributed by atoms with Gasteiger partial charge in [-0.15, -0.1) is 0 Å². The van der Waals surface area contributed by atoms with Crippen LogP contribution in [0.25, 0.3) is 0 Å². The van der Waals surface area contributed by atoms with Crippen molar-refractivity contribution in [2.45, 2.75) is 50.1 Å². The fourth-order valence-corrected chi connectivity index (χ4v) is 4.74.